The Hall–Kier alpha value is -4.29. The van der Waals surface area contributed by atoms with E-state index in [2.05, 4.69) is 38.8 Å². The maximum Gasteiger partial charge on any atom is 0.247 e. The Balaban J connectivity index is 1.45. The molecule has 1 unspecified atom stereocenters. The fraction of sp³-hybridized carbons (Fsp3) is 0.240. The van der Waals surface area contributed by atoms with E-state index < -0.39 is 6.04 Å². The first kappa shape index (κ1) is 22.9. The van der Waals surface area contributed by atoms with E-state index in [4.69, 9.17) is 5.26 Å². The van der Waals surface area contributed by atoms with Gasteiger partial charge in [-0.1, -0.05) is 19.1 Å². The molecule has 2 N–H and O–H groups in total. The number of benzene rings is 1. The number of hydrogen-bond acceptors (Lipinski definition) is 6. The Morgan fingerprint density at radius 3 is 2.29 bits per heavy atom. The quantitative estimate of drug-likeness (QED) is 0.423. The van der Waals surface area contributed by atoms with Gasteiger partial charge in [0.15, 0.2) is 0 Å². The zero-order valence-electron chi connectivity index (χ0n) is 19.3. The van der Waals surface area contributed by atoms with E-state index in [1.807, 2.05) is 44.7 Å². The van der Waals surface area contributed by atoms with Crippen LogP contribution in [-0.2, 0) is 18.9 Å². The van der Waals surface area contributed by atoms with Crippen molar-refractivity contribution >= 4 is 11.7 Å². The third kappa shape index (κ3) is 5.36. The molecule has 3 heterocycles. The second-order valence-corrected chi connectivity index (χ2v) is 8.25. The van der Waals surface area contributed by atoms with Crippen LogP contribution in [0, 0.1) is 11.3 Å². The molecule has 1 aromatic carbocycles. The zero-order chi connectivity index (χ0) is 24.1. The molecule has 2 atom stereocenters. The molecule has 0 aliphatic carbocycles. The summed E-state index contributed by atoms with van der Waals surface area (Å²) in [6.07, 6.45) is 8.90. The Morgan fingerprint density at radius 1 is 0.971 bits per heavy atom. The summed E-state index contributed by atoms with van der Waals surface area (Å²) >= 11 is 0. The van der Waals surface area contributed by atoms with Crippen LogP contribution in [0.15, 0.2) is 67.4 Å². The lowest BCUT2D eigenvalue weighted by Crippen LogP contribution is -2.35. The molecular weight excluding hydrogens is 428 g/mol. The summed E-state index contributed by atoms with van der Waals surface area (Å²) in [5.41, 5.74) is 4.35. The van der Waals surface area contributed by atoms with Gasteiger partial charge in [-0.2, -0.15) is 15.5 Å². The average Bonchev–Trinajstić information content (AvgIpc) is 3.48. The zero-order valence-corrected chi connectivity index (χ0v) is 19.3. The highest BCUT2D eigenvalue weighted by Crippen LogP contribution is 2.21. The van der Waals surface area contributed by atoms with Crippen molar-refractivity contribution in [2.45, 2.75) is 18.9 Å². The van der Waals surface area contributed by atoms with Crippen molar-refractivity contribution in [1.29, 1.82) is 5.26 Å². The van der Waals surface area contributed by atoms with Gasteiger partial charge in [0.25, 0.3) is 0 Å². The lowest BCUT2D eigenvalue weighted by Gasteiger charge is -2.20. The maximum absolute atomic E-state index is 13.2. The van der Waals surface area contributed by atoms with Crippen molar-refractivity contribution in [3.8, 4) is 17.2 Å². The summed E-state index contributed by atoms with van der Waals surface area (Å²) in [5, 5.41) is 23.7. The SMILES string of the molecule is C[C@H](CNC(C(=O)Nc1ccc(-c2cnn(C)c2)cn1)c1cnn(C)c1)c1ccc(C#N)cc1. The number of amides is 1. The highest BCUT2D eigenvalue weighted by Gasteiger charge is 2.23. The van der Waals surface area contributed by atoms with Gasteiger partial charge >= 0.3 is 0 Å². The summed E-state index contributed by atoms with van der Waals surface area (Å²) in [6.45, 7) is 2.64. The highest BCUT2D eigenvalue weighted by molar-refractivity contribution is 5.94. The van der Waals surface area contributed by atoms with Crippen LogP contribution >= 0.6 is 0 Å². The van der Waals surface area contributed by atoms with Crippen molar-refractivity contribution in [2.75, 3.05) is 11.9 Å². The second kappa shape index (κ2) is 10.1. The molecule has 0 saturated carbocycles. The molecule has 0 fully saturated rings. The summed E-state index contributed by atoms with van der Waals surface area (Å²) in [7, 11) is 3.68. The standard InChI is InChI=1S/C25H26N8O/c1-17(19-6-4-18(10-26)5-7-19)11-28-24(22-14-30-33(3)16-22)25(34)31-23-9-8-20(12-27-23)21-13-29-32(2)15-21/h4-9,12-17,24,28H,11H2,1-3H3,(H,27,31,34)/t17-,24?/m1/s1. The van der Waals surface area contributed by atoms with Crippen LogP contribution in [-0.4, -0.2) is 37.0 Å². The van der Waals surface area contributed by atoms with Gasteiger partial charge in [-0.25, -0.2) is 4.98 Å². The number of rotatable bonds is 8. The van der Waals surface area contributed by atoms with E-state index in [1.54, 1.807) is 46.2 Å². The Morgan fingerprint density at radius 2 is 1.71 bits per heavy atom. The molecule has 0 saturated heterocycles. The van der Waals surface area contributed by atoms with Gasteiger partial charge < -0.3 is 10.6 Å². The Kier molecular flexibility index (Phi) is 6.80. The molecule has 4 aromatic rings. The minimum absolute atomic E-state index is 0.136. The van der Waals surface area contributed by atoms with Gasteiger partial charge in [-0.05, 0) is 35.7 Å². The van der Waals surface area contributed by atoms with Crippen molar-refractivity contribution < 1.29 is 4.79 Å². The summed E-state index contributed by atoms with van der Waals surface area (Å²) < 4.78 is 3.40. The number of aromatic nitrogens is 5. The van der Waals surface area contributed by atoms with Gasteiger partial charge in [0, 0.05) is 55.9 Å². The van der Waals surface area contributed by atoms with E-state index >= 15 is 0 Å². The second-order valence-electron chi connectivity index (χ2n) is 8.25. The first-order valence-corrected chi connectivity index (χ1v) is 10.9. The predicted molar refractivity (Wildman–Crippen MR) is 129 cm³/mol. The van der Waals surface area contributed by atoms with Gasteiger partial charge in [0.05, 0.1) is 24.0 Å². The summed E-state index contributed by atoms with van der Waals surface area (Å²) in [6, 6.07) is 12.7. The lowest BCUT2D eigenvalue weighted by molar-refractivity contribution is -0.118. The smallest absolute Gasteiger partial charge is 0.247 e. The predicted octanol–water partition coefficient (Wildman–Crippen LogP) is 3.16. The molecule has 0 bridgehead atoms. The number of carbonyl (C=O) groups is 1. The highest BCUT2D eigenvalue weighted by atomic mass is 16.2. The van der Waals surface area contributed by atoms with Crippen LogP contribution in [0.2, 0.25) is 0 Å². The van der Waals surface area contributed by atoms with Crippen LogP contribution in [0.4, 0.5) is 5.82 Å². The van der Waals surface area contributed by atoms with Gasteiger partial charge in [-0.15, -0.1) is 0 Å². The van der Waals surface area contributed by atoms with Crippen LogP contribution in [0.3, 0.4) is 0 Å². The summed E-state index contributed by atoms with van der Waals surface area (Å²) in [4.78, 5) is 17.6. The number of carbonyl (C=O) groups excluding carboxylic acids is 1. The molecule has 3 aromatic heterocycles. The van der Waals surface area contributed by atoms with E-state index in [1.165, 1.54) is 0 Å². The fourth-order valence-electron chi connectivity index (χ4n) is 3.66. The third-order valence-corrected chi connectivity index (χ3v) is 5.61. The topological polar surface area (TPSA) is 113 Å². The molecule has 0 spiro atoms. The van der Waals surface area contributed by atoms with Crippen molar-refractivity contribution in [3.05, 3.63) is 84.1 Å². The van der Waals surface area contributed by atoms with Crippen LogP contribution in [0.1, 0.15) is 35.6 Å². The molecule has 4 rings (SSSR count). The van der Waals surface area contributed by atoms with Gasteiger partial charge in [-0.3, -0.25) is 14.2 Å². The largest absolute Gasteiger partial charge is 0.309 e. The number of nitrogens with one attached hydrogen (secondary N) is 2. The molecule has 0 aliphatic heterocycles. The van der Waals surface area contributed by atoms with Crippen molar-refractivity contribution in [3.63, 3.8) is 0 Å². The number of pyridine rings is 1. The van der Waals surface area contributed by atoms with E-state index in [0.717, 1.165) is 22.3 Å². The number of aryl methyl sites for hydroxylation is 2. The molecule has 9 heteroatoms. The van der Waals surface area contributed by atoms with E-state index in [-0.39, 0.29) is 11.8 Å². The molecule has 0 aliphatic rings. The Labute approximate surface area is 198 Å². The molecule has 1 amide bonds. The fourth-order valence-corrected chi connectivity index (χ4v) is 3.66. The van der Waals surface area contributed by atoms with E-state index in [0.29, 0.717) is 17.9 Å². The minimum atomic E-state index is -0.602. The number of hydrogen-bond donors (Lipinski definition) is 2. The average molecular weight is 455 g/mol. The lowest BCUT2D eigenvalue weighted by atomic mass is 9.99. The first-order valence-electron chi connectivity index (χ1n) is 10.9. The molecular formula is C25H26N8O. The Bertz CT molecular complexity index is 1300. The van der Waals surface area contributed by atoms with Crippen LogP contribution in [0.25, 0.3) is 11.1 Å². The maximum atomic E-state index is 13.2. The normalized spacial score (nSPS) is 12.6. The van der Waals surface area contributed by atoms with Crippen LogP contribution < -0.4 is 10.6 Å². The number of anilines is 1. The van der Waals surface area contributed by atoms with Gasteiger partial charge in [0.1, 0.15) is 11.9 Å². The number of nitrogens with zero attached hydrogens (tertiary/aromatic N) is 6. The van der Waals surface area contributed by atoms with Gasteiger partial charge in [0.2, 0.25) is 5.91 Å². The molecule has 9 nitrogen and oxygen atoms in total. The monoisotopic (exact) mass is 454 g/mol. The molecule has 0 radical (unpaired) electrons. The third-order valence-electron chi connectivity index (χ3n) is 5.61. The van der Waals surface area contributed by atoms with Crippen molar-refractivity contribution in [2.24, 2.45) is 14.1 Å². The minimum Gasteiger partial charge on any atom is -0.309 e. The van der Waals surface area contributed by atoms with E-state index in [9.17, 15) is 4.79 Å². The molecule has 172 valence electrons. The summed E-state index contributed by atoms with van der Waals surface area (Å²) in [5.74, 6) is 0.381. The van der Waals surface area contributed by atoms with Crippen LogP contribution in [0.5, 0.6) is 0 Å². The number of nitriles is 1. The first-order chi connectivity index (χ1) is 16.4. The molecule has 34 heavy (non-hydrogen) atoms. The van der Waals surface area contributed by atoms with Crippen molar-refractivity contribution in [1.82, 2.24) is 29.9 Å².